The molecule has 4 nitrogen and oxygen atoms in total. The lowest BCUT2D eigenvalue weighted by Crippen LogP contribution is -2.38. The van der Waals surface area contributed by atoms with Gasteiger partial charge in [-0.1, -0.05) is 44.2 Å². The van der Waals surface area contributed by atoms with Gasteiger partial charge in [0.05, 0.1) is 5.75 Å². The number of hydrogen-bond donors (Lipinski definition) is 2. The summed E-state index contributed by atoms with van der Waals surface area (Å²) >= 11 is 0. The predicted molar refractivity (Wildman–Crippen MR) is 84.3 cm³/mol. The third kappa shape index (κ3) is 7.62. The van der Waals surface area contributed by atoms with Crippen LogP contribution in [-0.2, 0) is 16.4 Å². The first kappa shape index (κ1) is 17.1. The van der Waals surface area contributed by atoms with Crippen LogP contribution in [0.1, 0.15) is 32.8 Å². The molecule has 0 aliphatic carbocycles. The van der Waals surface area contributed by atoms with Crippen molar-refractivity contribution < 1.29 is 8.42 Å². The molecule has 0 saturated carbocycles. The molecule has 114 valence electrons. The summed E-state index contributed by atoms with van der Waals surface area (Å²) in [6, 6.07) is 10.4. The highest BCUT2D eigenvalue weighted by molar-refractivity contribution is 7.89. The van der Waals surface area contributed by atoms with Gasteiger partial charge in [0.25, 0.3) is 0 Å². The lowest BCUT2D eigenvalue weighted by atomic mass is 10.1. The summed E-state index contributed by atoms with van der Waals surface area (Å²) < 4.78 is 26.5. The van der Waals surface area contributed by atoms with Crippen LogP contribution in [0.2, 0.25) is 0 Å². The average molecular weight is 298 g/mol. The molecule has 1 aromatic rings. The molecule has 2 N–H and O–H groups in total. The minimum absolute atomic E-state index is 0.0424. The predicted octanol–water partition coefficient (Wildman–Crippen LogP) is 1.93. The van der Waals surface area contributed by atoms with Gasteiger partial charge in [0.15, 0.2) is 0 Å². The van der Waals surface area contributed by atoms with Gasteiger partial charge < -0.3 is 5.32 Å². The molecule has 1 unspecified atom stereocenters. The van der Waals surface area contributed by atoms with Gasteiger partial charge in [0.2, 0.25) is 10.0 Å². The summed E-state index contributed by atoms with van der Waals surface area (Å²) in [5.41, 5.74) is 1.24. The smallest absolute Gasteiger partial charge is 0.213 e. The van der Waals surface area contributed by atoms with Gasteiger partial charge in [0, 0.05) is 18.6 Å². The summed E-state index contributed by atoms with van der Waals surface area (Å²) in [4.78, 5) is 0. The summed E-state index contributed by atoms with van der Waals surface area (Å²) in [7, 11) is -3.19. The Morgan fingerprint density at radius 2 is 1.75 bits per heavy atom. The lowest BCUT2D eigenvalue weighted by molar-refractivity contribution is 0.539. The zero-order chi connectivity index (χ0) is 15.0. The molecule has 0 amide bonds. The molecule has 0 spiro atoms. The maximum Gasteiger partial charge on any atom is 0.213 e. The molecular weight excluding hydrogens is 272 g/mol. The molecule has 0 fully saturated rings. The number of rotatable bonds is 9. The minimum atomic E-state index is -3.19. The van der Waals surface area contributed by atoms with Gasteiger partial charge in [-0.3, -0.25) is 0 Å². The van der Waals surface area contributed by atoms with E-state index < -0.39 is 10.0 Å². The van der Waals surface area contributed by atoms with E-state index in [1.807, 2.05) is 39.0 Å². The van der Waals surface area contributed by atoms with Crippen molar-refractivity contribution in [1.82, 2.24) is 10.0 Å². The molecule has 0 radical (unpaired) electrons. The second kappa shape index (κ2) is 8.39. The van der Waals surface area contributed by atoms with Crippen LogP contribution in [0.15, 0.2) is 30.3 Å². The molecule has 1 aromatic carbocycles. The van der Waals surface area contributed by atoms with E-state index in [0.29, 0.717) is 12.6 Å². The van der Waals surface area contributed by atoms with Crippen LogP contribution >= 0.6 is 0 Å². The number of sulfonamides is 1. The molecule has 0 aromatic heterocycles. The average Bonchev–Trinajstić information content (AvgIpc) is 2.36. The Hall–Kier alpha value is -0.910. The summed E-state index contributed by atoms with van der Waals surface area (Å²) in [6.45, 7) is 6.40. The van der Waals surface area contributed by atoms with Crippen molar-refractivity contribution in [1.29, 1.82) is 0 Å². The van der Waals surface area contributed by atoms with Crippen molar-refractivity contribution in [2.24, 2.45) is 0 Å². The monoisotopic (exact) mass is 298 g/mol. The van der Waals surface area contributed by atoms with Gasteiger partial charge in [-0.15, -0.1) is 0 Å². The van der Waals surface area contributed by atoms with Crippen LogP contribution in [0.25, 0.3) is 0 Å². The van der Waals surface area contributed by atoms with Crippen LogP contribution < -0.4 is 10.0 Å². The first-order chi connectivity index (χ1) is 9.39. The van der Waals surface area contributed by atoms with Crippen LogP contribution in [-0.4, -0.2) is 32.8 Å². The first-order valence-corrected chi connectivity index (χ1v) is 8.81. The zero-order valence-corrected chi connectivity index (χ0v) is 13.4. The van der Waals surface area contributed by atoms with E-state index >= 15 is 0 Å². The molecule has 0 heterocycles. The fourth-order valence-electron chi connectivity index (χ4n) is 1.93. The van der Waals surface area contributed by atoms with Crippen molar-refractivity contribution in [3.8, 4) is 0 Å². The van der Waals surface area contributed by atoms with Gasteiger partial charge >= 0.3 is 0 Å². The fourth-order valence-corrected chi connectivity index (χ4v) is 3.17. The maximum atomic E-state index is 11.9. The topological polar surface area (TPSA) is 58.2 Å². The number of nitrogens with one attached hydrogen (secondary N) is 2. The van der Waals surface area contributed by atoms with Gasteiger partial charge in [-0.05, 0) is 25.3 Å². The molecule has 0 aliphatic rings. The van der Waals surface area contributed by atoms with E-state index in [1.54, 1.807) is 0 Å². The molecule has 1 rings (SSSR count). The Labute approximate surface area is 123 Å². The Morgan fingerprint density at radius 1 is 1.10 bits per heavy atom. The summed E-state index contributed by atoms with van der Waals surface area (Å²) in [5, 5.41) is 3.11. The third-order valence-corrected chi connectivity index (χ3v) is 4.52. The van der Waals surface area contributed by atoms with Crippen LogP contribution in [0.4, 0.5) is 0 Å². The highest BCUT2D eigenvalue weighted by atomic mass is 32.2. The van der Waals surface area contributed by atoms with E-state index in [2.05, 4.69) is 22.2 Å². The van der Waals surface area contributed by atoms with Crippen LogP contribution in [0.5, 0.6) is 0 Å². The second-order valence-electron chi connectivity index (χ2n) is 5.47. The fraction of sp³-hybridized carbons (Fsp3) is 0.600. The SMILES string of the molecule is CC(C)NCCS(=O)(=O)NC(C)CCc1ccccc1. The standard InChI is InChI=1S/C15H26N2O2S/c1-13(2)16-11-12-20(18,19)17-14(3)9-10-15-7-5-4-6-8-15/h4-8,13-14,16-17H,9-12H2,1-3H3. The van der Waals surface area contributed by atoms with E-state index in [1.165, 1.54) is 5.56 Å². The summed E-state index contributed by atoms with van der Waals surface area (Å²) in [5.74, 6) is 0.126. The molecule has 0 saturated heterocycles. The number of benzene rings is 1. The Bertz CT molecular complexity index is 472. The van der Waals surface area contributed by atoms with Gasteiger partial charge in [-0.25, -0.2) is 13.1 Å². The second-order valence-corrected chi connectivity index (χ2v) is 7.34. The van der Waals surface area contributed by atoms with E-state index in [-0.39, 0.29) is 11.8 Å². The summed E-state index contributed by atoms with van der Waals surface area (Å²) in [6.07, 6.45) is 1.69. The first-order valence-electron chi connectivity index (χ1n) is 7.16. The van der Waals surface area contributed by atoms with Crippen LogP contribution in [0.3, 0.4) is 0 Å². The number of hydrogen-bond acceptors (Lipinski definition) is 3. The van der Waals surface area contributed by atoms with Crippen molar-refractivity contribution in [2.75, 3.05) is 12.3 Å². The van der Waals surface area contributed by atoms with E-state index in [4.69, 9.17) is 0 Å². The Morgan fingerprint density at radius 3 is 2.35 bits per heavy atom. The molecule has 1 atom stereocenters. The van der Waals surface area contributed by atoms with Crippen molar-refractivity contribution >= 4 is 10.0 Å². The highest BCUT2D eigenvalue weighted by Gasteiger charge is 2.14. The van der Waals surface area contributed by atoms with E-state index in [0.717, 1.165) is 12.8 Å². The van der Waals surface area contributed by atoms with E-state index in [9.17, 15) is 8.42 Å². The number of aryl methyl sites for hydroxylation is 1. The largest absolute Gasteiger partial charge is 0.313 e. The minimum Gasteiger partial charge on any atom is -0.313 e. The highest BCUT2D eigenvalue weighted by Crippen LogP contribution is 2.05. The zero-order valence-electron chi connectivity index (χ0n) is 12.6. The Balaban J connectivity index is 2.31. The molecular formula is C15H26N2O2S. The molecule has 5 heteroatoms. The Kier molecular flexibility index (Phi) is 7.19. The molecule has 20 heavy (non-hydrogen) atoms. The quantitative estimate of drug-likeness (QED) is 0.732. The third-order valence-electron chi connectivity index (χ3n) is 3.01. The molecule has 0 aliphatic heterocycles. The van der Waals surface area contributed by atoms with Crippen LogP contribution in [0, 0.1) is 0 Å². The van der Waals surface area contributed by atoms with Crippen molar-refractivity contribution in [3.05, 3.63) is 35.9 Å². The van der Waals surface area contributed by atoms with Gasteiger partial charge in [0.1, 0.15) is 0 Å². The lowest BCUT2D eigenvalue weighted by Gasteiger charge is -2.15. The van der Waals surface area contributed by atoms with Crippen molar-refractivity contribution in [2.45, 2.75) is 45.7 Å². The molecule has 0 bridgehead atoms. The normalized spacial score (nSPS) is 13.6. The maximum absolute atomic E-state index is 11.9. The van der Waals surface area contributed by atoms with Gasteiger partial charge in [-0.2, -0.15) is 0 Å². The van der Waals surface area contributed by atoms with Crippen molar-refractivity contribution in [3.63, 3.8) is 0 Å².